The maximum absolute atomic E-state index is 6.27. The van der Waals surface area contributed by atoms with Gasteiger partial charge < -0.3 is 14.2 Å². The van der Waals surface area contributed by atoms with Crippen LogP contribution in [-0.2, 0) is 19.6 Å². The van der Waals surface area contributed by atoms with E-state index in [1.54, 1.807) is 0 Å². The fourth-order valence-corrected chi connectivity index (χ4v) is 4.15. The van der Waals surface area contributed by atoms with Crippen LogP contribution in [0, 0.1) is 0 Å². The third kappa shape index (κ3) is 6.30. The lowest BCUT2D eigenvalue weighted by molar-refractivity contribution is -0.411. The van der Waals surface area contributed by atoms with Crippen LogP contribution in [0.5, 0.6) is 0 Å². The van der Waals surface area contributed by atoms with Gasteiger partial charge in [0.1, 0.15) is 0 Å². The molecule has 0 bridgehead atoms. The molecule has 1 rings (SSSR count). The van der Waals surface area contributed by atoms with E-state index < -0.39 is 5.97 Å². The lowest BCUT2D eigenvalue weighted by atomic mass is 9.71. The molecular formula is C24H42O3. The van der Waals surface area contributed by atoms with E-state index in [9.17, 15) is 0 Å². The van der Waals surface area contributed by atoms with Gasteiger partial charge in [0.25, 0.3) is 5.97 Å². The molecule has 0 aliphatic carbocycles. The third-order valence-electron chi connectivity index (χ3n) is 5.48. The summed E-state index contributed by atoms with van der Waals surface area (Å²) in [6.45, 7) is 12.2. The Bertz CT molecular complexity index is 457. The second-order valence-electron chi connectivity index (χ2n) is 7.17. The SMILES string of the molecule is CCCCCCCCC(CC)(c1ccccc1)C(OCC)(OCC)OCC. The Hall–Kier alpha value is -0.900. The summed E-state index contributed by atoms with van der Waals surface area (Å²) >= 11 is 0. The molecule has 0 aromatic heterocycles. The molecule has 3 heteroatoms. The van der Waals surface area contributed by atoms with Crippen molar-refractivity contribution in [1.29, 1.82) is 0 Å². The van der Waals surface area contributed by atoms with Gasteiger partial charge in [-0.1, -0.05) is 82.7 Å². The quantitative estimate of drug-likeness (QED) is 0.232. The minimum Gasteiger partial charge on any atom is -0.327 e. The predicted octanol–water partition coefficient (Wildman–Crippen LogP) is 6.85. The van der Waals surface area contributed by atoms with Crippen LogP contribution >= 0.6 is 0 Å². The lowest BCUT2D eigenvalue weighted by Gasteiger charge is -2.48. The average Bonchev–Trinajstić information content (AvgIpc) is 2.69. The maximum Gasteiger partial charge on any atom is 0.293 e. The number of ether oxygens (including phenoxy) is 3. The number of hydrogen-bond donors (Lipinski definition) is 0. The molecule has 1 atom stereocenters. The molecule has 0 fully saturated rings. The highest BCUT2D eigenvalue weighted by Gasteiger charge is 2.54. The summed E-state index contributed by atoms with van der Waals surface area (Å²) in [5.74, 6) is -1.04. The van der Waals surface area contributed by atoms with Crippen molar-refractivity contribution in [2.24, 2.45) is 0 Å². The highest BCUT2D eigenvalue weighted by molar-refractivity contribution is 5.28. The number of hydrogen-bond acceptors (Lipinski definition) is 3. The van der Waals surface area contributed by atoms with Crippen LogP contribution in [0.1, 0.15) is 91.5 Å². The van der Waals surface area contributed by atoms with Gasteiger partial charge in [0.2, 0.25) is 0 Å². The number of unbranched alkanes of at least 4 members (excludes halogenated alkanes) is 5. The molecular weight excluding hydrogens is 336 g/mol. The lowest BCUT2D eigenvalue weighted by Crippen LogP contribution is -2.57. The standard InChI is InChI=1S/C24H42O3/c1-6-11-12-13-14-18-21-23(7-2,22-19-16-15-17-20-22)24(25-8-3,26-9-4)27-10-5/h15-17,19-20H,6-14,18,21H2,1-5H3. The van der Waals surface area contributed by atoms with Crippen molar-refractivity contribution in [1.82, 2.24) is 0 Å². The maximum atomic E-state index is 6.27. The van der Waals surface area contributed by atoms with E-state index >= 15 is 0 Å². The van der Waals surface area contributed by atoms with Crippen molar-refractivity contribution in [3.63, 3.8) is 0 Å². The van der Waals surface area contributed by atoms with Crippen LogP contribution in [0.15, 0.2) is 30.3 Å². The molecule has 0 heterocycles. The zero-order valence-electron chi connectivity index (χ0n) is 18.4. The average molecular weight is 379 g/mol. The van der Waals surface area contributed by atoms with Gasteiger partial charge in [-0.05, 0) is 39.2 Å². The minimum atomic E-state index is -1.04. The summed E-state index contributed by atoms with van der Waals surface area (Å²) in [5.41, 5.74) is 0.928. The Labute approximate surface area is 167 Å². The summed E-state index contributed by atoms with van der Waals surface area (Å²) in [6.07, 6.45) is 9.55. The molecule has 1 aromatic rings. The molecule has 0 saturated heterocycles. The fourth-order valence-electron chi connectivity index (χ4n) is 4.15. The Morgan fingerprint density at radius 2 is 1.19 bits per heavy atom. The Morgan fingerprint density at radius 3 is 1.67 bits per heavy atom. The normalized spacial score (nSPS) is 14.3. The van der Waals surface area contributed by atoms with E-state index in [-0.39, 0.29) is 5.41 Å². The van der Waals surface area contributed by atoms with E-state index in [2.05, 4.69) is 44.2 Å². The first-order valence-corrected chi connectivity index (χ1v) is 11.1. The topological polar surface area (TPSA) is 27.7 Å². The highest BCUT2D eigenvalue weighted by Crippen LogP contribution is 2.47. The summed E-state index contributed by atoms with van der Waals surface area (Å²) in [5, 5.41) is 0. The van der Waals surface area contributed by atoms with Gasteiger partial charge in [-0.2, -0.15) is 0 Å². The van der Waals surface area contributed by atoms with Crippen molar-refractivity contribution < 1.29 is 14.2 Å². The molecule has 0 N–H and O–H groups in total. The molecule has 0 spiro atoms. The second-order valence-corrected chi connectivity index (χ2v) is 7.17. The van der Waals surface area contributed by atoms with Crippen molar-refractivity contribution >= 4 is 0 Å². The van der Waals surface area contributed by atoms with Crippen molar-refractivity contribution in [3.05, 3.63) is 35.9 Å². The van der Waals surface area contributed by atoms with Crippen LogP contribution in [0.4, 0.5) is 0 Å². The van der Waals surface area contributed by atoms with Crippen molar-refractivity contribution in [2.45, 2.75) is 97.4 Å². The number of benzene rings is 1. The first-order chi connectivity index (χ1) is 13.2. The Balaban J connectivity index is 3.20. The van der Waals surface area contributed by atoms with E-state index in [0.717, 1.165) is 19.3 Å². The molecule has 1 unspecified atom stereocenters. The molecule has 3 nitrogen and oxygen atoms in total. The molecule has 0 aliphatic rings. The van der Waals surface area contributed by atoms with Gasteiger partial charge in [0.05, 0.1) is 5.41 Å². The van der Waals surface area contributed by atoms with Gasteiger partial charge in [0.15, 0.2) is 0 Å². The van der Waals surface area contributed by atoms with E-state index in [4.69, 9.17) is 14.2 Å². The van der Waals surface area contributed by atoms with Crippen LogP contribution in [-0.4, -0.2) is 25.8 Å². The van der Waals surface area contributed by atoms with Crippen LogP contribution in [0.3, 0.4) is 0 Å². The van der Waals surface area contributed by atoms with Gasteiger partial charge >= 0.3 is 0 Å². The zero-order valence-corrected chi connectivity index (χ0v) is 18.4. The van der Waals surface area contributed by atoms with E-state index in [0.29, 0.717) is 19.8 Å². The molecule has 0 radical (unpaired) electrons. The summed E-state index contributed by atoms with van der Waals surface area (Å²) in [7, 11) is 0. The zero-order chi connectivity index (χ0) is 20.0. The number of rotatable bonds is 16. The van der Waals surface area contributed by atoms with E-state index in [1.165, 1.54) is 37.7 Å². The predicted molar refractivity (Wildman–Crippen MR) is 114 cm³/mol. The van der Waals surface area contributed by atoms with Crippen molar-refractivity contribution in [3.8, 4) is 0 Å². The van der Waals surface area contributed by atoms with Gasteiger partial charge in [-0.25, -0.2) is 0 Å². The minimum absolute atomic E-state index is 0.318. The smallest absolute Gasteiger partial charge is 0.293 e. The summed E-state index contributed by atoms with van der Waals surface area (Å²) in [4.78, 5) is 0. The summed E-state index contributed by atoms with van der Waals surface area (Å²) in [6, 6.07) is 10.7. The highest BCUT2D eigenvalue weighted by atomic mass is 16.9. The van der Waals surface area contributed by atoms with Crippen LogP contribution in [0.25, 0.3) is 0 Å². The monoisotopic (exact) mass is 378 g/mol. The molecule has 156 valence electrons. The third-order valence-corrected chi connectivity index (χ3v) is 5.48. The van der Waals surface area contributed by atoms with Gasteiger partial charge in [-0.15, -0.1) is 0 Å². The largest absolute Gasteiger partial charge is 0.327 e. The van der Waals surface area contributed by atoms with E-state index in [1.807, 2.05) is 20.8 Å². The Kier molecular flexibility index (Phi) is 11.9. The first kappa shape index (κ1) is 24.1. The Morgan fingerprint density at radius 1 is 0.667 bits per heavy atom. The van der Waals surface area contributed by atoms with Crippen LogP contribution < -0.4 is 0 Å². The molecule has 27 heavy (non-hydrogen) atoms. The summed E-state index contributed by atoms with van der Waals surface area (Å²) < 4.78 is 18.8. The molecule has 0 saturated carbocycles. The van der Waals surface area contributed by atoms with Crippen molar-refractivity contribution in [2.75, 3.05) is 19.8 Å². The van der Waals surface area contributed by atoms with Gasteiger partial charge in [0, 0.05) is 19.8 Å². The fraction of sp³-hybridized carbons (Fsp3) is 0.750. The van der Waals surface area contributed by atoms with Gasteiger partial charge in [-0.3, -0.25) is 0 Å². The first-order valence-electron chi connectivity index (χ1n) is 11.1. The molecule has 1 aromatic carbocycles. The van der Waals surface area contributed by atoms with Crippen LogP contribution in [0.2, 0.25) is 0 Å². The molecule has 0 amide bonds. The molecule has 0 aliphatic heterocycles. The second kappa shape index (κ2) is 13.3.